The van der Waals surface area contributed by atoms with E-state index < -0.39 is 6.04 Å². The van der Waals surface area contributed by atoms with Gasteiger partial charge in [0.15, 0.2) is 0 Å². The van der Waals surface area contributed by atoms with E-state index in [4.69, 9.17) is 4.74 Å². The van der Waals surface area contributed by atoms with Crippen LogP contribution < -0.4 is 0 Å². The van der Waals surface area contributed by atoms with Crippen molar-refractivity contribution in [3.05, 3.63) is 35.9 Å². The number of hydrogen-bond donors (Lipinski definition) is 0. The van der Waals surface area contributed by atoms with Gasteiger partial charge in [-0.2, -0.15) is 0 Å². The second kappa shape index (κ2) is 6.51. The molecule has 1 saturated heterocycles. The molecule has 0 N–H and O–H groups in total. The third kappa shape index (κ3) is 3.01. The van der Waals surface area contributed by atoms with Crippen molar-refractivity contribution in [3.8, 4) is 0 Å². The maximum atomic E-state index is 12.5. The average molecular weight is 301 g/mol. The Hall–Kier alpha value is -1.84. The fraction of sp³-hybridized carbons (Fsp3) is 0.556. The van der Waals surface area contributed by atoms with E-state index in [9.17, 15) is 9.59 Å². The van der Waals surface area contributed by atoms with Crippen LogP contribution in [-0.4, -0.2) is 28.9 Å². The Morgan fingerprint density at radius 3 is 2.64 bits per heavy atom. The topological polar surface area (TPSA) is 46.6 Å². The number of esters is 1. The lowest BCUT2D eigenvalue weighted by atomic mass is 9.85. The van der Waals surface area contributed by atoms with Gasteiger partial charge in [0.2, 0.25) is 5.91 Å². The lowest BCUT2D eigenvalue weighted by Gasteiger charge is -2.32. The van der Waals surface area contributed by atoms with E-state index in [-0.39, 0.29) is 24.5 Å². The summed E-state index contributed by atoms with van der Waals surface area (Å²) in [6.45, 7) is 1.84. The summed E-state index contributed by atoms with van der Waals surface area (Å²) in [5.74, 6) is 0.205. The number of amides is 1. The average Bonchev–Trinajstić information content (AvgIpc) is 2.93. The number of benzene rings is 1. The Morgan fingerprint density at radius 1 is 1.18 bits per heavy atom. The van der Waals surface area contributed by atoms with Crippen molar-refractivity contribution in [1.29, 1.82) is 0 Å². The van der Waals surface area contributed by atoms with E-state index in [0.717, 1.165) is 31.2 Å². The maximum Gasteiger partial charge on any atom is 0.329 e. The highest BCUT2D eigenvalue weighted by atomic mass is 16.5. The van der Waals surface area contributed by atoms with Crippen LogP contribution >= 0.6 is 0 Å². The highest BCUT2D eigenvalue weighted by molar-refractivity contribution is 5.84. The van der Waals surface area contributed by atoms with Crippen LogP contribution in [0.15, 0.2) is 30.3 Å². The summed E-state index contributed by atoms with van der Waals surface area (Å²) in [6, 6.07) is 9.50. The molecule has 3 atom stereocenters. The molecule has 1 aliphatic carbocycles. The van der Waals surface area contributed by atoms with Crippen molar-refractivity contribution in [2.75, 3.05) is 0 Å². The first-order valence-electron chi connectivity index (χ1n) is 8.16. The zero-order valence-electron chi connectivity index (χ0n) is 13.0. The SMILES string of the molecule is CC(=O)N1[C@H](C(=O)OCc2ccccc2)C[C@@H]2CCCC[C@@H]21. The van der Waals surface area contributed by atoms with Crippen molar-refractivity contribution in [3.63, 3.8) is 0 Å². The molecule has 0 spiro atoms. The van der Waals surface area contributed by atoms with Gasteiger partial charge in [-0.05, 0) is 30.7 Å². The Kier molecular flexibility index (Phi) is 4.46. The molecule has 2 aliphatic rings. The van der Waals surface area contributed by atoms with Crippen molar-refractivity contribution >= 4 is 11.9 Å². The molecule has 1 aliphatic heterocycles. The molecule has 3 rings (SSSR count). The lowest BCUT2D eigenvalue weighted by Crippen LogP contribution is -2.45. The first-order chi connectivity index (χ1) is 10.7. The van der Waals surface area contributed by atoms with Gasteiger partial charge in [0, 0.05) is 13.0 Å². The summed E-state index contributed by atoms with van der Waals surface area (Å²) in [6.07, 6.45) is 5.26. The van der Waals surface area contributed by atoms with E-state index in [2.05, 4.69) is 0 Å². The number of fused-ring (bicyclic) bond motifs is 1. The highest BCUT2D eigenvalue weighted by Gasteiger charge is 2.46. The van der Waals surface area contributed by atoms with Crippen LogP contribution in [0, 0.1) is 5.92 Å². The van der Waals surface area contributed by atoms with Crippen LogP contribution in [0.1, 0.15) is 44.6 Å². The number of rotatable bonds is 3. The van der Waals surface area contributed by atoms with Crippen LogP contribution in [-0.2, 0) is 20.9 Å². The van der Waals surface area contributed by atoms with Gasteiger partial charge in [-0.25, -0.2) is 4.79 Å². The Morgan fingerprint density at radius 2 is 1.91 bits per heavy atom. The summed E-state index contributed by atoms with van der Waals surface area (Å²) < 4.78 is 5.47. The molecule has 2 fully saturated rings. The Balaban J connectivity index is 1.66. The molecule has 4 nitrogen and oxygen atoms in total. The molecule has 4 heteroatoms. The predicted molar refractivity (Wildman–Crippen MR) is 82.9 cm³/mol. The molecule has 0 unspecified atom stereocenters. The smallest absolute Gasteiger partial charge is 0.329 e. The number of carbonyl (C=O) groups is 2. The number of nitrogens with zero attached hydrogens (tertiary/aromatic N) is 1. The van der Waals surface area contributed by atoms with Crippen LogP contribution in [0.4, 0.5) is 0 Å². The number of ether oxygens (including phenoxy) is 1. The first kappa shape index (κ1) is 15.1. The number of carbonyl (C=O) groups excluding carboxylic acids is 2. The largest absolute Gasteiger partial charge is 0.459 e. The quantitative estimate of drug-likeness (QED) is 0.806. The minimum Gasteiger partial charge on any atom is -0.459 e. The number of likely N-dealkylation sites (tertiary alicyclic amines) is 1. The molecule has 1 saturated carbocycles. The molecule has 1 heterocycles. The molecular formula is C18H23NO3. The van der Waals surface area contributed by atoms with E-state index in [0.29, 0.717) is 5.92 Å². The summed E-state index contributed by atoms with van der Waals surface area (Å²) in [5, 5.41) is 0. The van der Waals surface area contributed by atoms with E-state index >= 15 is 0 Å². The molecule has 1 aromatic rings. The highest BCUT2D eigenvalue weighted by Crippen LogP contribution is 2.40. The lowest BCUT2D eigenvalue weighted by molar-refractivity contribution is -0.155. The van der Waals surface area contributed by atoms with E-state index in [1.54, 1.807) is 11.8 Å². The fourth-order valence-corrected chi connectivity index (χ4v) is 3.95. The molecule has 1 aromatic carbocycles. The minimum atomic E-state index is -0.394. The monoisotopic (exact) mass is 301 g/mol. The maximum absolute atomic E-state index is 12.5. The van der Waals surface area contributed by atoms with Crippen molar-refractivity contribution < 1.29 is 14.3 Å². The molecule has 118 valence electrons. The van der Waals surface area contributed by atoms with Gasteiger partial charge in [-0.15, -0.1) is 0 Å². The van der Waals surface area contributed by atoms with Crippen molar-refractivity contribution in [2.24, 2.45) is 5.92 Å². The Labute approximate surface area is 131 Å². The first-order valence-corrected chi connectivity index (χ1v) is 8.16. The summed E-state index contributed by atoms with van der Waals surface area (Å²) in [4.78, 5) is 26.3. The second-order valence-corrected chi connectivity index (χ2v) is 6.38. The molecule has 0 aromatic heterocycles. The molecular weight excluding hydrogens is 278 g/mol. The standard InChI is InChI=1S/C18H23NO3/c1-13(20)19-16-10-6-5-9-15(16)11-17(19)18(21)22-12-14-7-3-2-4-8-14/h2-4,7-8,15-17H,5-6,9-12H2,1H3/t15-,16-,17-/m0/s1. The van der Waals surface area contributed by atoms with E-state index in [1.165, 1.54) is 6.42 Å². The van der Waals surface area contributed by atoms with Gasteiger partial charge in [-0.3, -0.25) is 4.79 Å². The molecule has 0 bridgehead atoms. The van der Waals surface area contributed by atoms with Gasteiger partial charge in [-0.1, -0.05) is 43.2 Å². The van der Waals surface area contributed by atoms with Crippen LogP contribution in [0.3, 0.4) is 0 Å². The fourth-order valence-electron chi connectivity index (χ4n) is 3.95. The Bertz CT molecular complexity index is 543. The second-order valence-electron chi connectivity index (χ2n) is 6.38. The third-order valence-electron chi connectivity index (χ3n) is 4.95. The summed E-state index contributed by atoms with van der Waals surface area (Å²) in [7, 11) is 0. The molecule has 1 amide bonds. The predicted octanol–water partition coefficient (Wildman–Crippen LogP) is 2.91. The third-order valence-corrected chi connectivity index (χ3v) is 4.95. The number of hydrogen-bond acceptors (Lipinski definition) is 3. The van der Waals surface area contributed by atoms with Gasteiger partial charge in [0.1, 0.15) is 12.6 Å². The zero-order valence-corrected chi connectivity index (χ0v) is 13.0. The van der Waals surface area contributed by atoms with Crippen LogP contribution in [0.2, 0.25) is 0 Å². The molecule has 22 heavy (non-hydrogen) atoms. The zero-order chi connectivity index (χ0) is 15.5. The van der Waals surface area contributed by atoms with Gasteiger partial charge in [0.05, 0.1) is 0 Å². The van der Waals surface area contributed by atoms with E-state index in [1.807, 2.05) is 30.3 Å². The van der Waals surface area contributed by atoms with Crippen molar-refractivity contribution in [1.82, 2.24) is 4.90 Å². The van der Waals surface area contributed by atoms with Crippen LogP contribution in [0.5, 0.6) is 0 Å². The summed E-state index contributed by atoms with van der Waals surface area (Å²) in [5.41, 5.74) is 0.973. The van der Waals surface area contributed by atoms with Gasteiger partial charge >= 0.3 is 5.97 Å². The van der Waals surface area contributed by atoms with Gasteiger partial charge < -0.3 is 9.64 Å². The van der Waals surface area contributed by atoms with Crippen molar-refractivity contribution in [2.45, 2.75) is 57.7 Å². The minimum absolute atomic E-state index is 0.00365. The molecule has 0 radical (unpaired) electrons. The summed E-state index contributed by atoms with van der Waals surface area (Å²) >= 11 is 0. The normalized spacial score (nSPS) is 27.3. The van der Waals surface area contributed by atoms with Crippen LogP contribution in [0.25, 0.3) is 0 Å². The van der Waals surface area contributed by atoms with Gasteiger partial charge in [0.25, 0.3) is 0 Å².